The molecular formula is C18H22N2O2. The Balaban J connectivity index is 1.86. The number of hydrogen-bond donors (Lipinski definition) is 1. The van der Waals surface area contributed by atoms with Crippen molar-refractivity contribution in [3.05, 3.63) is 42.0 Å². The predicted octanol–water partition coefficient (Wildman–Crippen LogP) is 2.20. The largest absolute Gasteiger partial charge is 0.497 e. The number of carbonyl (C=O) groups excluding carboxylic acids is 1. The van der Waals surface area contributed by atoms with Crippen LogP contribution in [-0.2, 0) is 11.2 Å². The highest BCUT2D eigenvalue weighted by molar-refractivity contribution is 5.91. The first-order valence-corrected chi connectivity index (χ1v) is 7.67. The van der Waals surface area contributed by atoms with E-state index in [1.165, 1.54) is 0 Å². The van der Waals surface area contributed by atoms with E-state index < -0.39 is 0 Å². The molecule has 1 saturated heterocycles. The number of likely N-dealkylation sites (tertiary alicyclic amines) is 1. The van der Waals surface area contributed by atoms with Gasteiger partial charge in [-0.2, -0.15) is 0 Å². The second kappa shape index (κ2) is 5.97. The molecule has 2 unspecified atom stereocenters. The van der Waals surface area contributed by atoms with Crippen LogP contribution in [-0.4, -0.2) is 37.0 Å². The fourth-order valence-corrected chi connectivity index (χ4v) is 3.07. The van der Waals surface area contributed by atoms with Crippen molar-refractivity contribution in [2.24, 2.45) is 11.7 Å². The number of nitrogens with two attached hydrogens (primary N) is 1. The number of ether oxygens (including phenoxy) is 1. The van der Waals surface area contributed by atoms with Crippen molar-refractivity contribution in [3.63, 3.8) is 0 Å². The Hall–Kier alpha value is -2.07. The summed E-state index contributed by atoms with van der Waals surface area (Å²) in [6.45, 7) is 3.52. The Kier molecular flexibility index (Phi) is 4.03. The highest BCUT2D eigenvalue weighted by atomic mass is 16.5. The monoisotopic (exact) mass is 298 g/mol. The summed E-state index contributed by atoms with van der Waals surface area (Å²) >= 11 is 0. The van der Waals surface area contributed by atoms with Crippen LogP contribution >= 0.6 is 0 Å². The van der Waals surface area contributed by atoms with Crippen LogP contribution in [0.15, 0.2) is 36.4 Å². The van der Waals surface area contributed by atoms with Gasteiger partial charge in [0.15, 0.2) is 0 Å². The Bertz CT molecular complexity index is 689. The zero-order chi connectivity index (χ0) is 15.7. The van der Waals surface area contributed by atoms with Crippen LogP contribution in [0.3, 0.4) is 0 Å². The number of amides is 1. The molecule has 2 atom stereocenters. The van der Waals surface area contributed by atoms with Gasteiger partial charge in [-0.25, -0.2) is 0 Å². The molecule has 0 bridgehead atoms. The van der Waals surface area contributed by atoms with Crippen LogP contribution < -0.4 is 10.5 Å². The van der Waals surface area contributed by atoms with Crippen molar-refractivity contribution >= 4 is 16.7 Å². The van der Waals surface area contributed by atoms with Crippen molar-refractivity contribution in [1.82, 2.24) is 4.90 Å². The molecule has 0 radical (unpaired) electrons. The maximum Gasteiger partial charge on any atom is 0.227 e. The lowest BCUT2D eigenvalue weighted by Crippen LogP contribution is -2.33. The van der Waals surface area contributed by atoms with Crippen LogP contribution in [0.5, 0.6) is 5.75 Å². The van der Waals surface area contributed by atoms with Crippen LogP contribution in [0.2, 0.25) is 0 Å². The standard InChI is InChI=1S/C18H22N2O2/c1-12-10-20(11-17(12)19)18(21)8-14-5-3-4-13-6-7-15(22-2)9-16(13)14/h3-7,9,12,17H,8,10-11,19H2,1-2H3. The minimum Gasteiger partial charge on any atom is -0.497 e. The van der Waals surface area contributed by atoms with E-state index in [1.54, 1.807) is 7.11 Å². The van der Waals surface area contributed by atoms with Gasteiger partial charge in [0.1, 0.15) is 5.75 Å². The molecule has 0 saturated carbocycles. The molecule has 1 aliphatic heterocycles. The average Bonchev–Trinajstić information content (AvgIpc) is 2.87. The van der Waals surface area contributed by atoms with Gasteiger partial charge in [-0.15, -0.1) is 0 Å². The fraction of sp³-hybridized carbons (Fsp3) is 0.389. The third-order valence-corrected chi connectivity index (χ3v) is 4.54. The molecule has 22 heavy (non-hydrogen) atoms. The molecule has 0 aliphatic carbocycles. The number of carbonyl (C=O) groups is 1. The van der Waals surface area contributed by atoms with E-state index in [0.717, 1.165) is 28.6 Å². The Morgan fingerprint density at radius 3 is 2.82 bits per heavy atom. The second-order valence-electron chi connectivity index (χ2n) is 6.12. The number of benzene rings is 2. The molecule has 116 valence electrons. The first-order chi connectivity index (χ1) is 10.6. The van der Waals surface area contributed by atoms with Crippen molar-refractivity contribution < 1.29 is 9.53 Å². The Morgan fingerprint density at radius 1 is 1.32 bits per heavy atom. The summed E-state index contributed by atoms with van der Waals surface area (Å²) in [5, 5.41) is 2.20. The molecule has 0 spiro atoms. The third-order valence-electron chi connectivity index (χ3n) is 4.54. The first-order valence-electron chi connectivity index (χ1n) is 7.67. The number of hydrogen-bond acceptors (Lipinski definition) is 3. The second-order valence-corrected chi connectivity index (χ2v) is 6.12. The summed E-state index contributed by atoms with van der Waals surface area (Å²) in [6.07, 6.45) is 0.407. The smallest absolute Gasteiger partial charge is 0.227 e. The molecule has 4 heteroatoms. The van der Waals surface area contributed by atoms with Gasteiger partial charge in [-0.05, 0) is 34.4 Å². The Labute approximate surface area is 130 Å². The molecule has 1 aliphatic rings. The van der Waals surface area contributed by atoms with Crippen LogP contribution in [0.1, 0.15) is 12.5 Å². The highest BCUT2D eigenvalue weighted by Gasteiger charge is 2.29. The number of fused-ring (bicyclic) bond motifs is 1. The number of rotatable bonds is 3. The Morgan fingerprint density at radius 2 is 2.14 bits per heavy atom. The van der Waals surface area contributed by atoms with Gasteiger partial charge in [0.2, 0.25) is 5.91 Å². The van der Waals surface area contributed by atoms with Gasteiger partial charge >= 0.3 is 0 Å². The van der Waals surface area contributed by atoms with E-state index in [4.69, 9.17) is 10.5 Å². The molecule has 2 N–H and O–H groups in total. The fourth-order valence-electron chi connectivity index (χ4n) is 3.07. The summed E-state index contributed by atoms with van der Waals surface area (Å²) < 4.78 is 5.30. The number of methoxy groups -OCH3 is 1. The van der Waals surface area contributed by atoms with Gasteiger partial charge in [0, 0.05) is 19.1 Å². The predicted molar refractivity (Wildman–Crippen MR) is 87.9 cm³/mol. The average molecular weight is 298 g/mol. The van der Waals surface area contributed by atoms with Crippen molar-refractivity contribution in [3.8, 4) is 5.75 Å². The molecule has 0 aromatic heterocycles. The van der Waals surface area contributed by atoms with Crippen LogP contribution in [0.25, 0.3) is 10.8 Å². The van der Waals surface area contributed by atoms with Gasteiger partial charge < -0.3 is 15.4 Å². The summed E-state index contributed by atoms with van der Waals surface area (Å²) in [4.78, 5) is 14.4. The maximum absolute atomic E-state index is 12.5. The van der Waals surface area contributed by atoms with E-state index in [2.05, 4.69) is 13.0 Å². The van der Waals surface area contributed by atoms with E-state index in [9.17, 15) is 4.79 Å². The summed E-state index contributed by atoms with van der Waals surface area (Å²) in [6, 6.07) is 12.1. The minimum atomic E-state index is 0.0940. The van der Waals surface area contributed by atoms with Crippen molar-refractivity contribution in [2.75, 3.05) is 20.2 Å². The third kappa shape index (κ3) is 2.79. The highest BCUT2D eigenvalue weighted by Crippen LogP contribution is 2.25. The molecule has 1 heterocycles. The summed E-state index contributed by atoms with van der Waals surface area (Å²) in [7, 11) is 1.65. The zero-order valence-electron chi connectivity index (χ0n) is 13.1. The van der Waals surface area contributed by atoms with E-state index >= 15 is 0 Å². The molecule has 2 aromatic carbocycles. The summed E-state index contributed by atoms with van der Waals surface area (Å²) in [5.74, 6) is 1.33. The summed E-state index contributed by atoms with van der Waals surface area (Å²) in [5.41, 5.74) is 7.05. The van der Waals surface area contributed by atoms with Crippen molar-refractivity contribution in [2.45, 2.75) is 19.4 Å². The van der Waals surface area contributed by atoms with E-state index in [-0.39, 0.29) is 11.9 Å². The minimum absolute atomic E-state index is 0.0940. The van der Waals surface area contributed by atoms with E-state index in [1.807, 2.05) is 35.2 Å². The molecule has 2 aromatic rings. The van der Waals surface area contributed by atoms with Crippen LogP contribution in [0.4, 0.5) is 0 Å². The molecule has 4 nitrogen and oxygen atoms in total. The lowest BCUT2D eigenvalue weighted by Gasteiger charge is -2.17. The quantitative estimate of drug-likeness (QED) is 0.945. The molecular weight excluding hydrogens is 276 g/mol. The first kappa shape index (κ1) is 14.9. The molecule has 3 rings (SSSR count). The lowest BCUT2D eigenvalue weighted by molar-refractivity contribution is -0.129. The van der Waals surface area contributed by atoms with Gasteiger partial charge in [0.05, 0.1) is 13.5 Å². The normalized spacial score (nSPS) is 21.3. The van der Waals surface area contributed by atoms with Crippen LogP contribution in [0, 0.1) is 5.92 Å². The van der Waals surface area contributed by atoms with Gasteiger partial charge in [0.25, 0.3) is 0 Å². The molecule has 1 fully saturated rings. The number of nitrogens with zero attached hydrogens (tertiary/aromatic N) is 1. The topological polar surface area (TPSA) is 55.6 Å². The van der Waals surface area contributed by atoms with Crippen molar-refractivity contribution in [1.29, 1.82) is 0 Å². The van der Waals surface area contributed by atoms with Gasteiger partial charge in [-0.3, -0.25) is 4.79 Å². The maximum atomic E-state index is 12.5. The van der Waals surface area contributed by atoms with Gasteiger partial charge in [-0.1, -0.05) is 31.2 Å². The SMILES string of the molecule is COc1ccc2cccc(CC(=O)N3CC(C)C(N)C3)c2c1. The lowest BCUT2D eigenvalue weighted by atomic mass is 10.0. The zero-order valence-corrected chi connectivity index (χ0v) is 13.1. The van der Waals surface area contributed by atoms with E-state index in [0.29, 0.717) is 18.9 Å². The molecule has 1 amide bonds.